The summed E-state index contributed by atoms with van der Waals surface area (Å²) in [6.07, 6.45) is 3.78. The highest BCUT2D eigenvalue weighted by Gasteiger charge is 2.17. The minimum absolute atomic E-state index is 0.00143. The van der Waals surface area contributed by atoms with Crippen LogP contribution >= 0.6 is 15.9 Å². The largest absolute Gasteiger partial charge is 0.378 e. The van der Waals surface area contributed by atoms with E-state index in [-0.39, 0.29) is 5.69 Å². The molecule has 1 aliphatic heterocycles. The minimum Gasteiger partial charge on any atom is -0.378 e. The number of hydrogen-bond acceptors (Lipinski definition) is 6. The highest BCUT2D eigenvalue weighted by atomic mass is 79.9. The van der Waals surface area contributed by atoms with E-state index in [0.29, 0.717) is 16.7 Å². The molecule has 8 heteroatoms. The first-order valence-electron chi connectivity index (χ1n) is 6.63. The summed E-state index contributed by atoms with van der Waals surface area (Å²) < 4.78 is 0.619. The molecule has 1 aromatic rings. The van der Waals surface area contributed by atoms with Gasteiger partial charge in [-0.2, -0.15) is 0 Å². The van der Waals surface area contributed by atoms with Crippen LogP contribution in [0.15, 0.2) is 16.9 Å². The van der Waals surface area contributed by atoms with Gasteiger partial charge in [0.1, 0.15) is 11.9 Å². The second kappa shape index (κ2) is 7.51. The molecule has 0 atom stereocenters. The normalized spacial score (nSPS) is 16.1. The van der Waals surface area contributed by atoms with Crippen LogP contribution in [-0.4, -0.2) is 54.1 Å². The molecule has 2 N–H and O–H groups in total. The fraction of sp³-hybridized carbons (Fsp3) is 0.583. The summed E-state index contributed by atoms with van der Waals surface area (Å²) in [5.74, 6) is 0. The third kappa shape index (κ3) is 4.12. The van der Waals surface area contributed by atoms with Gasteiger partial charge >= 0.3 is 5.69 Å². The van der Waals surface area contributed by atoms with Gasteiger partial charge in [-0.25, -0.2) is 0 Å². The maximum Gasteiger partial charge on any atom is 0.311 e. The Morgan fingerprint density at radius 3 is 2.90 bits per heavy atom. The van der Waals surface area contributed by atoms with E-state index in [4.69, 9.17) is 0 Å². The predicted molar refractivity (Wildman–Crippen MR) is 81.0 cm³/mol. The van der Waals surface area contributed by atoms with E-state index in [1.807, 2.05) is 0 Å². The van der Waals surface area contributed by atoms with Crippen LogP contribution in [0, 0.1) is 10.1 Å². The van der Waals surface area contributed by atoms with Crippen LogP contribution in [0.1, 0.15) is 6.42 Å². The van der Waals surface area contributed by atoms with E-state index in [9.17, 15) is 10.1 Å². The van der Waals surface area contributed by atoms with Crippen LogP contribution in [-0.2, 0) is 0 Å². The van der Waals surface area contributed by atoms with Crippen molar-refractivity contribution >= 4 is 27.3 Å². The van der Waals surface area contributed by atoms with Gasteiger partial charge in [0.25, 0.3) is 0 Å². The van der Waals surface area contributed by atoms with E-state index in [2.05, 4.69) is 36.4 Å². The van der Waals surface area contributed by atoms with Crippen LogP contribution < -0.4 is 10.6 Å². The van der Waals surface area contributed by atoms with Crippen molar-refractivity contribution in [3.05, 3.63) is 27.0 Å². The minimum atomic E-state index is -0.420. The number of nitrogens with one attached hydrogen (secondary N) is 2. The molecule has 0 spiro atoms. The summed E-state index contributed by atoms with van der Waals surface area (Å²) in [7, 11) is 0. The monoisotopic (exact) mass is 343 g/mol. The molecular formula is C12H18BrN5O2. The predicted octanol–water partition coefficient (Wildman–Crippen LogP) is 1.46. The lowest BCUT2D eigenvalue weighted by Gasteiger charge is -2.27. The lowest BCUT2D eigenvalue weighted by atomic mass is 10.3. The summed E-state index contributed by atoms with van der Waals surface area (Å²) in [4.78, 5) is 16.7. The molecule has 1 aliphatic rings. The molecule has 0 aromatic carbocycles. The van der Waals surface area contributed by atoms with Gasteiger partial charge in [0.15, 0.2) is 0 Å². The van der Waals surface area contributed by atoms with Crippen molar-refractivity contribution in [3.8, 4) is 0 Å². The molecule has 1 fully saturated rings. The fourth-order valence-corrected chi connectivity index (χ4v) is 2.65. The molecule has 0 radical (unpaired) electrons. The lowest BCUT2D eigenvalue weighted by molar-refractivity contribution is -0.384. The number of rotatable bonds is 6. The number of nitrogens with zero attached hydrogens (tertiary/aromatic N) is 3. The molecule has 1 aromatic heterocycles. The highest BCUT2D eigenvalue weighted by molar-refractivity contribution is 9.10. The van der Waals surface area contributed by atoms with E-state index in [0.717, 1.165) is 39.1 Å². The van der Waals surface area contributed by atoms with Crippen molar-refractivity contribution in [2.24, 2.45) is 0 Å². The van der Waals surface area contributed by atoms with Gasteiger partial charge in [-0.15, -0.1) is 0 Å². The second-order valence-electron chi connectivity index (χ2n) is 4.64. The molecule has 0 aliphatic carbocycles. The molecule has 7 nitrogen and oxygen atoms in total. The zero-order chi connectivity index (χ0) is 14.4. The van der Waals surface area contributed by atoms with Gasteiger partial charge in [0, 0.05) is 38.9 Å². The number of hydrogen-bond donors (Lipinski definition) is 2. The summed E-state index contributed by atoms with van der Waals surface area (Å²) in [5.41, 5.74) is 0.506. The Labute approximate surface area is 126 Å². The maximum absolute atomic E-state index is 10.9. The van der Waals surface area contributed by atoms with Crippen LogP contribution in [0.3, 0.4) is 0 Å². The molecule has 2 heterocycles. The molecule has 1 saturated heterocycles. The first-order chi connectivity index (χ1) is 9.68. The first kappa shape index (κ1) is 15.1. The molecule has 20 heavy (non-hydrogen) atoms. The topological polar surface area (TPSA) is 83.3 Å². The third-order valence-electron chi connectivity index (χ3n) is 3.24. The Kier molecular flexibility index (Phi) is 5.69. The van der Waals surface area contributed by atoms with Gasteiger partial charge in [0.2, 0.25) is 0 Å². The molecule has 0 unspecified atom stereocenters. The number of halogens is 1. The first-order valence-corrected chi connectivity index (χ1v) is 7.42. The molecule has 0 saturated carbocycles. The standard InChI is InChI=1S/C12H18BrN5O2/c13-10-8-15-9-11(18(19)20)12(10)16-2-1-5-17-6-3-14-4-7-17/h8-9,14H,1-7H2,(H,15,16). The quantitative estimate of drug-likeness (QED) is 0.462. The SMILES string of the molecule is O=[N+]([O-])c1cncc(Br)c1NCCCN1CCNCC1. The van der Waals surface area contributed by atoms with Gasteiger partial charge < -0.3 is 15.5 Å². The maximum atomic E-state index is 10.9. The van der Waals surface area contributed by atoms with Crippen LogP contribution in [0.25, 0.3) is 0 Å². The number of piperazine rings is 1. The van der Waals surface area contributed by atoms with E-state index in [1.165, 1.54) is 6.20 Å². The van der Waals surface area contributed by atoms with Gasteiger partial charge in [-0.05, 0) is 28.9 Å². The number of pyridine rings is 1. The van der Waals surface area contributed by atoms with Crippen molar-refractivity contribution in [2.75, 3.05) is 44.6 Å². The Morgan fingerprint density at radius 1 is 1.45 bits per heavy atom. The fourth-order valence-electron chi connectivity index (χ4n) is 2.19. The molecular weight excluding hydrogens is 326 g/mol. The van der Waals surface area contributed by atoms with Crippen molar-refractivity contribution in [1.82, 2.24) is 15.2 Å². The average Bonchev–Trinajstić information content (AvgIpc) is 2.45. The molecule has 0 amide bonds. The van der Waals surface area contributed by atoms with E-state index < -0.39 is 4.92 Å². The number of aromatic nitrogens is 1. The van der Waals surface area contributed by atoms with Crippen molar-refractivity contribution < 1.29 is 4.92 Å². The average molecular weight is 344 g/mol. The number of nitro groups is 1. The van der Waals surface area contributed by atoms with Gasteiger partial charge in [-0.1, -0.05) is 0 Å². The highest BCUT2D eigenvalue weighted by Crippen LogP contribution is 2.30. The van der Waals surface area contributed by atoms with E-state index in [1.54, 1.807) is 6.20 Å². The Bertz CT molecular complexity index is 465. The second-order valence-corrected chi connectivity index (χ2v) is 5.50. The van der Waals surface area contributed by atoms with Crippen molar-refractivity contribution in [2.45, 2.75) is 6.42 Å². The molecule has 2 rings (SSSR count). The van der Waals surface area contributed by atoms with Crippen LogP contribution in [0.2, 0.25) is 0 Å². The zero-order valence-electron chi connectivity index (χ0n) is 11.1. The van der Waals surface area contributed by atoms with Gasteiger partial charge in [-0.3, -0.25) is 15.1 Å². The summed E-state index contributed by atoms with van der Waals surface area (Å²) in [5, 5.41) is 17.4. The smallest absolute Gasteiger partial charge is 0.311 e. The molecule has 0 bridgehead atoms. The zero-order valence-corrected chi connectivity index (χ0v) is 12.7. The number of anilines is 1. The summed E-state index contributed by atoms with van der Waals surface area (Å²) in [6.45, 7) is 5.92. The Morgan fingerprint density at radius 2 is 2.20 bits per heavy atom. The summed E-state index contributed by atoms with van der Waals surface area (Å²) in [6, 6.07) is 0. The van der Waals surface area contributed by atoms with Crippen LogP contribution in [0.5, 0.6) is 0 Å². The third-order valence-corrected chi connectivity index (χ3v) is 3.84. The Hall–Kier alpha value is -1.25. The summed E-state index contributed by atoms with van der Waals surface area (Å²) >= 11 is 3.30. The van der Waals surface area contributed by atoms with Crippen molar-refractivity contribution in [3.63, 3.8) is 0 Å². The van der Waals surface area contributed by atoms with Gasteiger partial charge in [0.05, 0.1) is 9.40 Å². The molecule has 110 valence electrons. The van der Waals surface area contributed by atoms with Crippen LogP contribution in [0.4, 0.5) is 11.4 Å². The van der Waals surface area contributed by atoms with E-state index >= 15 is 0 Å². The van der Waals surface area contributed by atoms with Crippen molar-refractivity contribution in [1.29, 1.82) is 0 Å². The Balaban J connectivity index is 1.83. The lowest BCUT2D eigenvalue weighted by Crippen LogP contribution is -2.44.